The molecule has 0 amide bonds. The van der Waals surface area contributed by atoms with Crippen molar-refractivity contribution in [3.05, 3.63) is 35.4 Å². The quantitative estimate of drug-likeness (QED) is 0.618. The van der Waals surface area contributed by atoms with E-state index in [9.17, 15) is 0 Å². The lowest BCUT2D eigenvalue weighted by molar-refractivity contribution is 0.115. The van der Waals surface area contributed by atoms with Crippen molar-refractivity contribution < 1.29 is 4.74 Å². The number of hydrogen-bond acceptors (Lipinski definition) is 2. The summed E-state index contributed by atoms with van der Waals surface area (Å²) < 4.78 is 5.66. The van der Waals surface area contributed by atoms with Crippen molar-refractivity contribution in [1.82, 2.24) is 0 Å². The Morgan fingerprint density at radius 3 is 2.89 bits per heavy atom. The Balaban J connectivity index is 2.34. The molecule has 0 saturated heterocycles. The molecule has 0 unspecified atom stereocenters. The fourth-order valence-electron chi connectivity index (χ4n) is 1.68. The van der Waals surface area contributed by atoms with E-state index in [1.165, 1.54) is 12.0 Å². The van der Waals surface area contributed by atoms with Crippen LogP contribution in [0, 0.1) is 17.8 Å². The summed E-state index contributed by atoms with van der Waals surface area (Å²) in [7, 11) is 0. The molecule has 2 N–H and O–H groups in total. The van der Waals surface area contributed by atoms with E-state index in [1.54, 1.807) is 0 Å². The van der Waals surface area contributed by atoms with Crippen LogP contribution in [-0.4, -0.2) is 13.2 Å². The maximum atomic E-state index is 5.66. The highest BCUT2D eigenvalue weighted by atomic mass is 16.5. The highest BCUT2D eigenvalue weighted by molar-refractivity contribution is 5.37. The van der Waals surface area contributed by atoms with E-state index in [4.69, 9.17) is 10.5 Å². The van der Waals surface area contributed by atoms with Crippen molar-refractivity contribution in [2.45, 2.75) is 33.3 Å². The van der Waals surface area contributed by atoms with Crippen LogP contribution in [0.25, 0.3) is 0 Å². The van der Waals surface area contributed by atoms with Crippen molar-refractivity contribution in [3.63, 3.8) is 0 Å². The molecule has 18 heavy (non-hydrogen) atoms. The lowest BCUT2D eigenvalue weighted by Crippen LogP contribution is -1.98. The minimum absolute atomic E-state index is 0.399. The van der Waals surface area contributed by atoms with Gasteiger partial charge in [-0.05, 0) is 36.5 Å². The van der Waals surface area contributed by atoms with E-state index in [0.717, 1.165) is 24.5 Å². The number of rotatable bonds is 6. The molecular formula is C16H23NO. The van der Waals surface area contributed by atoms with Gasteiger partial charge in [-0.15, -0.1) is 0 Å². The van der Waals surface area contributed by atoms with Crippen LogP contribution in [0.15, 0.2) is 24.3 Å². The van der Waals surface area contributed by atoms with Crippen LogP contribution < -0.4 is 5.73 Å². The Hall–Kier alpha value is -1.30. The van der Waals surface area contributed by atoms with Gasteiger partial charge in [-0.25, -0.2) is 0 Å². The maximum absolute atomic E-state index is 5.66. The zero-order valence-corrected chi connectivity index (χ0v) is 11.4. The molecule has 2 nitrogen and oxygen atoms in total. The van der Waals surface area contributed by atoms with E-state index in [1.807, 2.05) is 12.1 Å². The van der Waals surface area contributed by atoms with Gasteiger partial charge >= 0.3 is 0 Å². The molecule has 0 spiro atoms. The second-order valence-electron chi connectivity index (χ2n) is 4.79. The molecular weight excluding hydrogens is 222 g/mol. The minimum Gasteiger partial charge on any atom is -0.377 e. The summed E-state index contributed by atoms with van der Waals surface area (Å²) in [6.45, 7) is 6.36. The van der Waals surface area contributed by atoms with E-state index in [2.05, 4.69) is 37.8 Å². The van der Waals surface area contributed by atoms with Gasteiger partial charge in [0.25, 0.3) is 0 Å². The van der Waals surface area contributed by atoms with E-state index < -0.39 is 0 Å². The van der Waals surface area contributed by atoms with Gasteiger partial charge in [0.1, 0.15) is 0 Å². The molecule has 0 aliphatic carbocycles. The predicted molar refractivity (Wildman–Crippen MR) is 76.1 cm³/mol. The molecule has 98 valence electrons. The van der Waals surface area contributed by atoms with Gasteiger partial charge in [0.05, 0.1) is 13.2 Å². The monoisotopic (exact) mass is 245 g/mol. The summed E-state index contributed by atoms with van der Waals surface area (Å²) in [5.74, 6) is 6.64. The standard InChI is InChI=1S/C16H23NO/c1-14(2)6-5-11-18-13-16-8-3-7-15(12-16)9-4-10-17/h3,7-8,12,14H,5-6,10-11,13,17H2,1-2H3. The Kier molecular flexibility index (Phi) is 7.17. The third-order valence-corrected chi connectivity index (χ3v) is 2.60. The molecule has 1 aromatic rings. The first-order chi connectivity index (χ1) is 8.72. The lowest BCUT2D eigenvalue weighted by Gasteiger charge is -2.06. The highest BCUT2D eigenvalue weighted by Gasteiger charge is 1.96. The van der Waals surface area contributed by atoms with Gasteiger partial charge in [0, 0.05) is 12.2 Å². The highest BCUT2D eigenvalue weighted by Crippen LogP contribution is 2.07. The Labute approximate surface area is 111 Å². The Morgan fingerprint density at radius 2 is 2.17 bits per heavy atom. The average molecular weight is 245 g/mol. The summed E-state index contributed by atoms with van der Waals surface area (Å²) in [5.41, 5.74) is 7.53. The zero-order chi connectivity index (χ0) is 13.2. The van der Waals surface area contributed by atoms with Gasteiger partial charge in [0.15, 0.2) is 0 Å². The van der Waals surface area contributed by atoms with Crippen molar-refractivity contribution in [1.29, 1.82) is 0 Å². The largest absolute Gasteiger partial charge is 0.377 e. The first kappa shape index (κ1) is 14.8. The van der Waals surface area contributed by atoms with E-state index >= 15 is 0 Å². The third kappa shape index (κ3) is 6.44. The zero-order valence-electron chi connectivity index (χ0n) is 11.4. The fraction of sp³-hybridized carbons (Fsp3) is 0.500. The average Bonchev–Trinajstić information content (AvgIpc) is 2.36. The molecule has 0 saturated carbocycles. The summed E-state index contributed by atoms with van der Waals surface area (Å²) in [6, 6.07) is 8.12. The van der Waals surface area contributed by atoms with Crippen LogP contribution in [-0.2, 0) is 11.3 Å². The van der Waals surface area contributed by atoms with Gasteiger partial charge in [0.2, 0.25) is 0 Å². The minimum atomic E-state index is 0.399. The van der Waals surface area contributed by atoms with Crippen LogP contribution in [0.4, 0.5) is 0 Å². The Morgan fingerprint density at radius 1 is 1.33 bits per heavy atom. The first-order valence-electron chi connectivity index (χ1n) is 6.58. The molecule has 0 bridgehead atoms. The molecule has 0 heterocycles. The molecule has 0 atom stereocenters. The van der Waals surface area contributed by atoms with Crippen LogP contribution in [0.2, 0.25) is 0 Å². The molecule has 0 aromatic heterocycles. The lowest BCUT2D eigenvalue weighted by atomic mass is 10.1. The van der Waals surface area contributed by atoms with Crippen LogP contribution in [0.1, 0.15) is 37.8 Å². The summed E-state index contributed by atoms with van der Waals surface area (Å²) in [6.07, 6.45) is 2.35. The molecule has 0 radical (unpaired) electrons. The predicted octanol–water partition coefficient (Wildman–Crippen LogP) is 2.95. The Bertz CT molecular complexity index is 401. The van der Waals surface area contributed by atoms with Gasteiger partial charge in [-0.3, -0.25) is 0 Å². The number of hydrogen-bond donors (Lipinski definition) is 1. The summed E-state index contributed by atoms with van der Waals surface area (Å²) in [4.78, 5) is 0. The molecule has 2 heteroatoms. The first-order valence-corrected chi connectivity index (χ1v) is 6.58. The summed E-state index contributed by atoms with van der Waals surface area (Å²) in [5, 5.41) is 0. The second kappa shape index (κ2) is 8.74. The molecule has 0 aliphatic rings. The van der Waals surface area contributed by atoms with Crippen LogP contribution in [0.5, 0.6) is 0 Å². The topological polar surface area (TPSA) is 35.2 Å². The van der Waals surface area contributed by atoms with E-state index in [0.29, 0.717) is 13.2 Å². The molecule has 0 fully saturated rings. The number of ether oxygens (including phenoxy) is 1. The van der Waals surface area contributed by atoms with Gasteiger partial charge in [-0.2, -0.15) is 0 Å². The second-order valence-corrected chi connectivity index (χ2v) is 4.79. The van der Waals surface area contributed by atoms with Gasteiger partial charge in [-0.1, -0.05) is 37.8 Å². The summed E-state index contributed by atoms with van der Waals surface area (Å²) >= 11 is 0. The third-order valence-electron chi connectivity index (χ3n) is 2.60. The molecule has 1 rings (SSSR count). The smallest absolute Gasteiger partial charge is 0.0717 e. The molecule has 1 aromatic carbocycles. The van der Waals surface area contributed by atoms with Crippen molar-refractivity contribution in [2.75, 3.05) is 13.2 Å². The van der Waals surface area contributed by atoms with E-state index in [-0.39, 0.29) is 0 Å². The van der Waals surface area contributed by atoms with Crippen molar-refractivity contribution in [3.8, 4) is 11.8 Å². The SMILES string of the molecule is CC(C)CCCOCc1cccc(C#CCN)c1. The van der Waals surface area contributed by atoms with Gasteiger partial charge < -0.3 is 10.5 Å². The van der Waals surface area contributed by atoms with Crippen molar-refractivity contribution >= 4 is 0 Å². The van der Waals surface area contributed by atoms with Crippen molar-refractivity contribution in [2.24, 2.45) is 11.7 Å². The number of nitrogens with two attached hydrogens (primary N) is 1. The fourth-order valence-corrected chi connectivity index (χ4v) is 1.68. The van der Waals surface area contributed by atoms with Crippen LogP contribution in [0.3, 0.4) is 0 Å². The van der Waals surface area contributed by atoms with Crippen LogP contribution >= 0.6 is 0 Å². The number of benzene rings is 1. The maximum Gasteiger partial charge on any atom is 0.0717 e. The molecule has 0 aliphatic heterocycles. The normalized spacial score (nSPS) is 10.2.